The first-order valence-electron chi connectivity index (χ1n) is 8.53. The lowest BCUT2D eigenvalue weighted by atomic mass is 10.1. The summed E-state index contributed by atoms with van der Waals surface area (Å²) in [5.74, 6) is 0. The highest BCUT2D eigenvalue weighted by molar-refractivity contribution is 7.57. The van der Waals surface area contributed by atoms with Crippen LogP contribution in [-0.4, -0.2) is 35.4 Å². The van der Waals surface area contributed by atoms with Crippen molar-refractivity contribution in [3.8, 4) is 0 Å². The number of hydrogen-bond donors (Lipinski definition) is 3. The van der Waals surface area contributed by atoms with E-state index in [2.05, 4.69) is 5.32 Å². The monoisotopic (exact) mass is 415 g/mol. The Kier molecular flexibility index (Phi) is 8.62. The molecule has 0 spiro atoms. The van der Waals surface area contributed by atoms with Gasteiger partial charge in [-0.3, -0.25) is 4.57 Å². The molecule has 0 aromatic heterocycles. The van der Waals surface area contributed by atoms with Gasteiger partial charge < -0.3 is 15.3 Å². The molecule has 2 rings (SSSR count). The van der Waals surface area contributed by atoms with E-state index in [1.54, 1.807) is 6.07 Å². The van der Waals surface area contributed by atoms with Crippen molar-refractivity contribution in [3.63, 3.8) is 0 Å². The van der Waals surface area contributed by atoms with Crippen LogP contribution < -0.4 is 5.32 Å². The predicted octanol–water partition coefficient (Wildman–Crippen LogP) is 4.35. The first-order chi connectivity index (χ1) is 12.4. The number of halogens is 2. The molecule has 2 aromatic rings. The SMILES string of the molecule is O=P(O)(Cc1ccccc1)C[C@H](O)CNCCCc1ccc(Cl)c(Cl)c1. The van der Waals surface area contributed by atoms with E-state index in [0.29, 0.717) is 23.1 Å². The largest absolute Gasteiger partial charge is 0.391 e. The molecule has 3 N–H and O–H groups in total. The molecule has 0 saturated heterocycles. The highest BCUT2D eigenvalue weighted by Gasteiger charge is 2.23. The molecule has 0 radical (unpaired) electrons. The van der Waals surface area contributed by atoms with E-state index >= 15 is 0 Å². The zero-order chi connectivity index (χ0) is 19.0. The van der Waals surface area contributed by atoms with Crippen LogP contribution >= 0.6 is 30.6 Å². The van der Waals surface area contributed by atoms with Crippen molar-refractivity contribution in [3.05, 3.63) is 69.7 Å². The molecule has 0 fully saturated rings. The van der Waals surface area contributed by atoms with E-state index in [-0.39, 0.29) is 12.3 Å². The third kappa shape index (κ3) is 7.79. The average molecular weight is 416 g/mol. The standard InChI is InChI=1S/C19H24Cl2NO3P/c20-18-9-8-15(11-19(18)21)7-4-10-22-12-17(23)14-26(24,25)13-16-5-2-1-3-6-16/h1-3,5-6,8-9,11,17,22-23H,4,7,10,12-14H2,(H,24,25)/t17-/m1/s1. The summed E-state index contributed by atoms with van der Waals surface area (Å²) in [7, 11) is -3.40. The van der Waals surface area contributed by atoms with Gasteiger partial charge in [0.1, 0.15) is 0 Å². The number of aliphatic hydroxyl groups is 1. The number of hydrogen-bond acceptors (Lipinski definition) is 3. The highest BCUT2D eigenvalue weighted by atomic mass is 35.5. The topological polar surface area (TPSA) is 69.6 Å². The highest BCUT2D eigenvalue weighted by Crippen LogP contribution is 2.44. The summed E-state index contributed by atoms with van der Waals surface area (Å²) in [6, 6.07) is 14.7. The third-order valence-electron chi connectivity index (χ3n) is 3.95. The number of aryl methyl sites for hydroxylation is 1. The van der Waals surface area contributed by atoms with Crippen LogP contribution in [0, 0.1) is 0 Å². The van der Waals surface area contributed by atoms with Gasteiger partial charge in [0.15, 0.2) is 0 Å². The summed E-state index contributed by atoms with van der Waals surface area (Å²) >= 11 is 11.9. The Morgan fingerprint density at radius 2 is 1.77 bits per heavy atom. The fourth-order valence-corrected chi connectivity index (χ4v) is 4.73. The zero-order valence-electron chi connectivity index (χ0n) is 14.4. The van der Waals surface area contributed by atoms with Crippen molar-refractivity contribution < 1.29 is 14.6 Å². The molecule has 2 atom stereocenters. The lowest BCUT2D eigenvalue weighted by Crippen LogP contribution is -2.30. The molecule has 0 aliphatic carbocycles. The van der Waals surface area contributed by atoms with E-state index in [1.165, 1.54) is 0 Å². The molecule has 0 amide bonds. The number of aliphatic hydroxyl groups excluding tert-OH is 1. The van der Waals surface area contributed by atoms with E-state index in [4.69, 9.17) is 23.2 Å². The first kappa shape index (κ1) is 21.4. The van der Waals surface area contributed by atoms with Crippen molar-refractivity contribution >= 4 is 30.6 Å². The zero-order valence-corrected chi connectivity index (χ0v) is 16.9. The summed E-state index contributed by atoms with van der Waals surface area (Å²) in [5.41, 5.74) is 1.91. The summed E-state index contributed by atoms with van der Waals surface area (Å²) in [6.07, 6.45) is 0.835. The fourth-order valence-electron chi connectivity index (χ4n) is 2.71. The number of nitrogens with one attached hydrogen (secondary N) is 1. The Balaban J connectivity index is 1.65. The van der Waals surface area contributed by atoms with Gasteiger partial charge in [-0.1, -0.05) is 59.6 Å². The molecule has 142 valence electrons. The van der Waals surface area contributed by atoms with E-state index < -0.39 is 13.5 Å². The van der Waals surface area contributed by atoms with Crippen LogP contribution in [0.15, 0.2) is 48.5 Å². The van der Waals surface area contributed by atoms with Crippen LogP contribution in [0.25, 0.3) is 0 Å². The van der Waals surface area contributed by atoms with Gasteiger partial charge in [-0.15, -0.1) is 0 Å². The fraction of sp³-hybridized carbons (Fsp3) is 0.368. The molecular formula is C19H24Cl2NO3P. The molecule has 7 heteroatoms. The second-order valence-electron chi connectivity index (χ2n) is 6.38. The summed E-state index contributed by atoms with van der Waals surface area (Å²) in [4.78, 5) is 10.1. The van der Waals surface area contributed by atoms with Gasteiger partial charge in [0.2, 0.25) is 7.37 Å². The Morgan fingerprint density at radius 3 is 2.46 bits per heavy atom. The third-order valence-corrected chi connectivity index (χ3v) is 6.54. The van der Waals surface area contributed by atoms with Crippen LogP contribution in [0.5, 0.6) is 0 Å². The molecule has 0 saturated carbocycles. The van der Waals surface area contributed by atoms with Crippen molar-refractivity contribution in [2.45, 2.75) is 25.1 Å². The van der Waals surface area contributed by atoms with E-state index in [0.717, 1.165) is 24.0 Å². The van der Waals surface area contributed by atoms with Gasteiger partial charge in [0, 0.05) is 12.7 Å². The maximum atomic E-state index is 12.3. The average Bonchev–Trinajstić information content (AvgIpc) is 2.57. The quantitative estimate of drug-likeness (QED) is 0.398. The van der Waals surface area contributed by atoms with Gasteiger partial charge in [0.25, 0.3) is 0 Å². The minimum atomic E-state index is -3.40. The molecule has 0 heterocycles. The molecule has 26 heavy (non-hydrogen) atoms. The smallest absolute Gasteiger partial charge is 0.207 e. The normalized spacial score (nSPS) is 14.8. The van der Waals surface area contributed by atoms with Crippen molar-refractivity contribution in [2.24, 2.45) is 0 Å². The Morgan fingerprint density at radius 1 is 1.04 bits per heavy atom. The molecular weight excluding hydrogens is 392 g/mol. The lowest BCUT2D eigenvalue weighted by Gasteiger charge is -2.17. The summed E-state index contributed by atoms with van der Waals surface area (Å²) in [6.45, 7) is 0.992. The van der Waals surface area contributed by atoms with Gasteiger partial charge in [-0.25, -0.2) is 0 Å². The van der Waals surface area contributed by atoms with E-state index in [1.807, 2.05) is 42.5 Å². The Bertz CT molecular complexity index is 743. The minimum absolute atomic E-state index is 0.0855. The van der Waals surface area contributed by atoms with Crippen molar-refractivity contribution in [1.82, 2.24) is 5.32 Å². The van der Waals surface area contributed by atoms with Crippen LogP contribution in [0.4, 0.5) is 0 Å². The second-order valence-corrected chi connectivity index (χ2v) is 9.57. The van der Waals surface area contributed by atoms with E-state index in [9.17, 15) is 14.6 Å². The van der Waals surface area contributed by atoms with Crippen LogP contribution in [0.2, 0.25) is 10.0 Å². The first-order valence-corrected chi connectivity index (χ1v) is 11.3. The molecule has 1 unspecified atom stereocenters. The number of rotatable bonds is 10. The molecule has 0 bridgehead atoms. The Hall–Kier alpha value is -0.870. The number of benzene rings is 2. The minimum Gasteiger partial charge on any atom is -0.391 e. The van der Waals surface area contributed by atoms with Gasteiger partial charge in [-0.2, -0.15) is 0 Å². The molecule has 0 aliphatic rings. The van der Waals surface area contributed by atoms with Crippen LogP contribution in [-0.2, 0) is 17.1 Å². The van der Waals surface area contributed by atoms with Crippen molar-refractivity contribution in [1.29, 1.82) is 0 Å². The maximum Gasteiger partial charge on any atom is 0.207 e. The van der Waals surface area contributed by atoms with Gasteiger partial charge in [0.05, 0.1) is 22.3 Å². The Labute approximate surface area is 164 Å². The van der Waals surface area contributed by atoms with Gasteiger partial charge >= 0.3 is 0 Å². The summed E-state index contributed by atoms with van der Waals surface area (Å²) < 4.78 is 12.3. The van der Waals surface area contributed by atoms with Crippen LogP contribution in [0.1, 0.15) is 17.5 Å². The van der Waals surface area contributed by atoms with Crippen molar-refractivity contribution in [2.75, 3.05) is 19.3 Å². The van der Waals surface area contributed by atoms with Crippen LogP contribution in [0.3, 0.4) is 0 Å². The second kappa shape index (κ2) is 10.5. The maximum absolute atomic E-state index is 12.3. The molecule has 0 aliphatic heterocycles. The predicted molar refractivity (Wildman–Crippen MR) is 108 cm³/mol. The molecule has 2 aromatic carbocycles. The summed E-state index contributed by atoms with van der Waals surface area (Å²) in [5, 5.41) is 14.2. The van der Waals surface area contributed by atoms with Gasteiger partial charge in [-0.05, 0) is 42.6 Å². The lowest BCUT2D eigenvalue weighted by molar-refractivity contribution is 0.190. The molecule has 4 nitrogen and oxygen atoms in total.